The van der Waals surface area contributed by atoms with E-state index in [9.17, 15) is 13.2 Å². The maximum atomic E-state index is 12.6. The van der Waals surface area contributed by atoms with E-state index in [1.807, 2.05) is 25.1 Å². The number of amides is 1. The third-order valence-corrected chi connectivity index (χ3v) is 5.75. The number of rotatable bonds is 5. The zero-order valence-electron chi connectivity index (χ0n) is 13.3. The summed E-state index contributed by atoms with van der Waals surface area (Å²) >= 11 is 0. The molecule has 6 nitrogen and oxygen atoms in total. The fraction of sp³-hybridized carbons (Fsp3) is 0.353. The minimum atomic E-state index is -3.05. The Morgan fingerprint density at radius 1 is 1.25 bits per heavy atom. The molecule has 0 saturated carbocycles. The maximum absolute atomic E-state index is 12.6. The fourth-order valence-electron chi connectivity index (χ4n) is 2.82. The highest BCUT2D eigenvalue weighted by molar-refractivity contribution is 7.91. The van der Waals surface area contributed by atoms with Gasteiger partial charge in [0.05, 0.1) is 11.5 Å². The molecule has 0 N–H and O–H groups in total. The molecule has 2 heterocycles. The lowest BCUT2D eigenvalue weighted by molar-refractivity contribution is 0.0671. The third-order valence-electron chi connectivity index (χ3n) is 4.00. The van der Waals surface area contributed by atoms with Crippen LogP contribution in [0.15, 0.2) is 46.9 Å². The SMILES string of the molecule is CCN(C(=O)c1ccc(Oc2ccccc2)o1)C1CCS(=O)(=O)C1. The van der Waals surface area contributed by atoms with E-state index in [-0.39, 0.29) is 35.2 Å². The monoisotopic (exact) mass is 349 g/mol. The number of hydrogen-bond acceptors (Lipinski definition) is 5. The molecule has 1 aromatic heterocycles. The smallest absolute Gasteiger partial charge is 0.290 e. The number of furan rings is 1. The van der Waals surface area contributed by atoms with Gasteiger partial charge in [-0.15, -0.1) is 0 Å². The zero-order valence-corrected chi connectivity index (χ0v) is 14.2. The summed E-state index contributed by atoms with van der Waals surface area (Å²) in [6, 6.07) is 12.0. The van der Waals surface area contributed by atoms with Gasteiger partial charge in [-0.3, -0.25) is 4.79 Å². The number of para-hydroxylation sites is 1. The molecule has 1 saturated heterocycles. The third kappa shape index (κ3) is 3.62. The number of carbonyl (C=O) groups is 1. The van der Waals surface area contributed by atoms with Crippen molar-refractivity contribution in [1.82, 2.24) is 4.90 Å². The number of benzene rings is 1. The molecule has 0 aliphatic carbocycles. The number of ether oxygens (including phenoxy) is 1. The summed E-state index contributed by atoms with van der Waals surface area (Å²) in [5, 5.41) is 0. The largest absolute Gasteiger partial charge is 0.426 e. The highest BCUT2D eigenvalue weighted by atomic mass is 32.2. The number of sulfone groups is 1. The van der Waals surface area contributed by atoms with Gasteiger partial charge in [0.2, 0.25) is 0 Å². The Morgan fingerprint density at radius 3 is 2.62 bits per heavy atom. The van der Waals surface area contributed by atoms with Crippen LogP contribution in [0.25, 0.3) is 0 Å². The van der Waals surface area contributed by atoms with Crippen molar-refractivity contribution in [2.75, 3.05) is 18.1 Å². The summed E-state index contributed by atoms with van der Waals surface area (Å²) in [5.74, 6) is 0.803. The van der Waals surface area contributed by atoms with Gasteiger partial charge in [0.15, 0.2) is 15.6 Å². The average Bonchev–Trinajstić information content (AvgIpc) is 3.16. The summed E-state index contributed by atoms with van der Waals surface area (Å²) < 4.78 is 34.3. The quantitative estimate of drug-likeness (QED) is 0.829. The lowest BCUT2D eigenvalue weighted by Crippen LogP contribution is -2.40. The molecule has 7 heteroatoms. The predicted octanol–water partition coefficient (Wildman–Crippen LogP) is 2.72. The summed E-state index contributed by atoms with van der Waals surface area (Å²) in [6.45, 7) is 2.25. The van der Waals surface area contributed by atoms with Crippen molar-refractivity contribution in [2.45, 2.75) is 19.4 Å². The van der Waals surface area contributed by atoms with Gasteiger partial charge in [-0.2, -0.15) is 0 Å². The second-order valence-corrected chi connectivity index (χ2v) is 7.91. The standard InChI is InChI=1S/C17H19NO5S/c1-2-18(13-10-11-24(20,21)12-13)17(19)15-8-9-16(23-15)22-14-6-4-3-5-7-14/h3-9,13H,2,10-12H2,1H3. The molecule has 3 rings (SSSR count). The molecule has 1 aliphatic heterocycles. The Morgan fingerprint density at radius 2 is 2.00 bits per heavy atom. The molecule has 1 aliphatic rings. The van der Waals surface area contributed by atoms with Crippen molar-refractivity contribution in [3.05, 3.63) is 48.2 Å². The van der Waals surface area contributed by atoms with Gasteiger partial charge in [0, 0.05) is 18.7 Å². The van der Waals surface area contributed by atoms with E-state index in [1.165, 1.54) is 0 Å². The van der Waals surface area contributed by atoms with Crippen molar-refractivity contribution in [2.24, 2.45) is 0 Å². The van der Waals surface area contributed by atoms with Gasteiger partial charge in [0.1, 0.15) is 5.75 Å². The van der Waals surface area contributed by atoms with Crippen molar-refractivity contribution < 1.29 is 22.4 Å². The summed E-state index contributed by atoms with van der Waals surface area (Å²) in [4.78, 5) is 14.2. The van der Waals surface area contributed by atoms with Gasteiger partial charge in [-0.05, 0) is 31.5 Å². The van der Waals surface area contributed by atoms with Crippen molar-refractivity contribution in [3.8, 4) is 11.7 Å². The number of hydrogen-bond donors (Lipinski definition) is 0. The molecule has 1 aromatic carbocycles. The van der Waals surface area contributed by atoms with Gasteiger partial charge in [-0.25, -0.2) is 8.42 Å². The molecule has 1 amide bonds. The van der Waals surface area contributed by atoms with Crippen LogP contribution < -0.4 is 4.74 Å². The van der Waals surface area contributed by atoms with E-state index >= 15 is 0 Å². The lowest BCUT2D eigenvalue weighted by Gasteiger charge is -2.25. The molecule has 0 bridgehead atoms. The van der Waals surface area contributed by atoms with Gasteiger partial charge >= 0.3 is 0 Å². The predicted molar refractivity (Wildman–Crippen MR) is 89.0 cm³/mol. The highest BCUT2D eigenvalue weighted by Gasteiger charge is 2.35. The molecular weight excluding hydrogens is 330 g/mol. The zero-order chi connectivity index (χ0) is 17.2. The molecule has 1 unspecified atom stereocenters. The van der Waals surface area contributed by atoms with Crippen LogP contribution in [0.1, 0.15) is 23.9 Å². The van der Waals surface area contributed by atoms with Crippen LogP contribution in [0.3, 0.4) is 0 Å². The Bertz CT molecular complexity index is 813. The molecule has 2 aromatic rings. The summed E-state index contributed by atoms with van der Waals surface area (Å²) in [5.41, 5.74) is 0. The Balaban J connectivity index is 1.72. The fourth-order valence-corrected chi connectivity index (χ4v) is 4.56. The molecule has 24 heavy (non-hydrogen) atoms. The second-order valence-electron chi connectivity index (χ2n) is 5.68. The number of carbonyl (C=O) groups excluding carboxylic acids is 1. The van der Waals surface area contributed by atoms with E-state index in [1.54, 1.807) is 29.2 Å². The van der Waals surface area contributed by atoms with E-state index in [4.69, 9.17) is 9.15 Å². The molecule has 1 fully saturated rings. The highest BCUT2D eigenvalue weighted by Crippen LogP contribution is 2.26. The first-order chi connectivity index (χ1) is 11.5. The van der Waals surface area contributed by atoms with Crippen LogP contribution in [-0.4, -0.2) is 43.3 Å². The van der Waals surface area contributed by atoms with E-state index < -0.39 is 9.84 Å². The van der Waals surface area contributed by atoms with Crippen LogP contribution in [0.4, 0.5) is 0 Å². The molecule has 1 atom stereocenters. The first kappa shape index (κ1) is 16.6. The Kier molecular flexibility index (Phi) is 4.62. The van der Waals surface area contributed by atoms with E-state index in [0.717, 1.165) is 0 Å². The average molecular weight is 349 g/mol. The van der Waals surface area contributed by atoms with Crippen LogP contribution in [0, 0.1) is 0 Å². The van der Waals surface area contributed by atoms with Crippen LogP contribution in [0.2, 0.25) is 0 Å². The molecule has 0 spiro atoms. The van der Waals surface area contributed by atoms with E-state index in [0.29, 0.717) is 18.7 Å². The molecule has 0 radical (unpaired) electrons. The van der Waals surface area contributed by atoms with Gasteiger partial charge in [-0.1, -0.05) is 18.2 Å². The Hall–Kier alpha value is -2.28. The van der Waals surface area contributed by atoms with Crippen molar-refractivity contribution >= 4 is 15.7 Å². The van der Waals surface area contributed by atoms with E-state index in [2.05, 4.69) is 0 Å². The first-order valence-electron chi connectivity index (χ1n) is 7.82. The first-order valence-corrected chi connectivity index (χ1v) is 9.65. The Labute approximate surface area is 140 Å². The lowest BCUT2D eigenvalue weighted by atomic mass is 10.2. The van der Waals surface area contributed by atoms with Crippen LogP contribution >= 0.6 is 0 Å². The normalized spacial score (nSPS) is 19.1. The van der Waals surface area contributed by atoms with Crippen molar-refractivity contribution in [1.29, 1.82) is 0 Å². The molecule has 128 valence electrons. The van der Waals surface area contributed by atoms with Crippen molar-refractivity contribution in [3.63, 3.8) is 0 Å². The van der Waals surface area contributed by atoms with Gasteiger partial charge < -0.3 is 14.1 Å². The number of nitrogens with zero attached hydrogens (tertiary/aromatic N) is 1. The summed E-state index contributed by atoms with van der Waals surface area (Å²) in [7, 11) is -3.05. The minimum absolute atomic E-state index is 0.0145. The minimum Gasteiger partial charge on any atom is -0.426 e. The summed E-state index contributed by atoms with van der Waals surface area (Å²) in [6.07, 6.45) is 0.468. The van der Waals surface area contributed by atoms with Crippen LogP contribution in [0.5, 0.6) is 11.7 Å². The second kappa shape index (κ2) is 6.68. The molecular formula is C17H19NO5S. The van der Waals surface area contributed by atoms with Crippen LogP contribution in [-0.2, 0) is 9.84 Å². The van der Waals surface area contributed by atoms with Gasteiger partial charge in [0.25, 0.3) is 11.9 Å². The maximum Gasteiger partial charge on any atom is 0.290 e. The topological polar surface area (TPSA) is 76.8 Å².